The average molecular weight is 292 g/mol. The van der Waals surface area contributed by atoms with Crippen molar-refractivity contribution in [2.45, 2.75) is 52.9 Å². The second-order valence-corrected chi connectivity index (χ2v) is 6.58. The molecule has 21 heavy (non-hydrogen) atoms. The van der Waals surface area contributed by atoms with Gasteiger partial charge >= 0.3 is 0 Å². The van der Waals surface area contributed by atoms with E-state index in [9.17, 15) is 9.18 Å². The van der Waals surface area contributed by atoms with Crippen LogP contribution >= 0.6 is 0 Å². The summed E-state index contributed by atoms with van der Waals surface area (Å²) in [7, 11) is 0. The molecule has 1 aromatic carbocycles. The van der Waals surface area contributed by atoms with Crippen molar-refractivity contribution in [1.82, 2.24) is 10.2 Å². The van der Waals surface area contributed by atoms with E-state index >= 15 is 0 Å². The highest BCUT2D eigenvalue weighted by molar-refractivity contribution is 5.85. The number of carbonyl (C=O) groups excluding carboxylic acids is 1. The van der Waals surface area contributed by atoms with Crippen LogP contribution in [0.1, 0.15) is 46.3 Å². The summed E-state index contributed by atoms with van der Waals surface area (Å²) in [6.45, 7) is 10.3. The van der Waals surface area contributed by atoms with Gasteiger partial charge in [-0.2, -0.15) is 0 Å². The van der Waals surface area contributed by atoms with Crippen LogP contribution in [0.3, 0.4) is 0 Å². The van der Waals surface area contributed by atoms with Gasteiger partial charge in [0.25, 0.3) is 0 Å². The number of rotatable bonds is 4. The lowest BCUT2D eigenvalue weighted by Crippen LogP contribution is -2.41. The first-order chi connectivity index (χ1) is 9.82. The largest absolute Gasteiger partial charge is 0.319 e. The lowest BCUT2D eigenvalue weighted by molar-refractivity contribution is -0.133. The molecule has 0 saturated carbocycles. The fraction of sp³-hybridized carbons (Fsp3) is 0.588. The van der Waals surface area contributed by atoms with Gasteiger partial charge in [-0.15, -0.1) is 0 Å². The molecule has 0 bridgehead atoms. The van der Waals surface area contributed by atoms with Gasteiger partial charge in [0.15, 0.2) is 0 Å². The Hall–Kier alpha value is -1.42. The van der Waals surface area contributed by atoms with Gasteiger partial charge in [-0.25, -0.2) is 4.39 Å². The van der Waals surface area contributed by atoms with Crippen LogP contribution in [-0.2, 0) is 4.79 Å². The Bertz CT molecular complexity index is 515. The lowest BCUT2D eigenvalue weighted by atomic mass is 10.0. The van der Waals surface area contributed by atoms with Gasteiger partial charge in [0.05, 0.1) is 6.04 Å². The molecule has 2 rings (SSSR count). The Morgan fingerprint density at radius 2 is 1.86 bits per heavy atom. The molecule has 0 aliphatic carbocycles. The fourth-order valence-electron chi connectivity index (χ4n) is 2.78. The van der Waals surface area contributed by atoms with Crippen molar-refractivity contribution in [3.05, 3.63) is 35.6 Å². The molecule has 4 heteroatoms. The van der Waals surface area contributed by atoms with Crippen LogP contribution in [0, 0.1) is 17.7 Å². The molecule has 1 aliphatic rings. The highest BCUT2D eigenvalue weighted by Crippen LogP contribution is 2.32. The number of carbonyl (C=O) groups is 1. The van der Waals surface area contributed by atoms with E-state index in [2.05, 4.69) is 26.1 Å². The maximum atomic E-state index is 13.5. The molecule has 116 valence electrons. The summed E-state index contributed by atoms with van der Waals surface area (Å²) in [6, 6.07) is 6.39. The minimum atomic E-state index is -0.271. The minimum absolute atomic E-state index is 0.0991. The molecule has 1 heterocycles. The normalized spacial score (nSPS) is 24.2. The van der Waals surface area contributed by atoms with Gasteiger partial charge in [-0.1, -0.05) is 39.8 Å². The summed E-state index contributed by atoms with van der Waals surface area (Å²) >= 11 is 0. The molecular weight excluding hydrogens is 267 g/mol. The summed E-state index contributed by atoms with van der Waals surface area (Å²) in [4.78, 5) is 14.6. The zero-order chi connectivity index (χ0) is 15.7. The molecule has 1 amide bonds. The number of halogens is 1. The molecule has 3 atom stereocenters. The van der Waals surface area contributed by atoms with E-state index in [0.717, 1.165) is 5.56 Å². The van der Waals surface area contributed by atoms with E-state index in [1.807, 2.05) is 24.8 Å². The maximum Gasteiger partial charge on any atom is 0.241 e. The summed E-state index contributed by atoms with van der Waals surface area (Å²) in [5, 5.41) is 3.38. The smallest absolute Gasteiger partial charge is 0.241 e. The topological polar surface area (TPSA) is 32.3 Å². The zero-order valence-corrected chi connectivity index (χ0v) is 13.4. The Labute approximate surface area is 126 Å². The van der Waals surface area contributed by atoms with Crippen LogP contribution in [0.2, 0.25) is 0 Å². The van der Waals surface area contributed by atoms with Crippen molar-refractivity contribution in [2.75, 3.05) is 0 Å². The van der Waals surface area contributed by atoms with E-state index < -0.39 is 0 Å². The summed E-state index contributed by atoms with van der Waals surface area (Å²) in [5.41, 5.74) is 0.805. The monoisotopic (exact) mass is 292 g/mol. The van der Waals surface area contributed by atoms with Gasteiger partial charge in [-0.3, -0.25) is 10.1 Å². The lowest BCUT2D eigenvalue weighted by Gasteiger charge is -2.33. The van der Waals surface area contributed by atoms with E-state index in [4.69, 9.17) is 0 Å². The molecule has 1 N–H and O–H groups in total. The van der Waals surface area contributed by atoms with Crippen LogP contribution in [-0.4, -0.2) is 22.9 Å². The van der Waals surface area contributed by atoms with Gasteiger partial charge in [0.1, 0.15) is 12.0 Å². The van der Waals surface area contributed by atoms with Crippen molar-refractivity contribution >= 4 is 5.91 Å². The Kier molecular flexibility index (Phi) is 4.67. The van der Waals surface area contributed by atoms with E-state index in [1.54, 1.807) is 6.07 Å². The van der Waals surface area contributed by atoms with Gasteiger partial charge < -0.3 is 4.90 Å². The van der Waals surface area contributed by atoms with Crippen molar-refractivity contribution in [3.8, 4) is 0 Å². The van der Waals surface area contributed by atoms with Crippen LogP contribution in [0.15, 0.2) is 24.3 Å². The Morgan fingerprint density at radius 3 is 2.38 bits per heavy atom. The van der Waals surface area contributed by atoms with E-state index in [-0.39, 0.29) is 35.9 Å². The third kappa shape index (κ3) is 3.10. The third-order valence-corrected chi connectivity index (χ3v) is 4.37. The average Bonchev–Trinajstić information content (AvgIpc) is 2.75. The SMILES string of the molecule is CC(C)C1NC(c2cccc(F)c2)N(C(C)C(C)C)C1=O. The molecular formula is C17H25FN2O. The van der Waals surface area contributed by atoms with Crippen LogP contribution < -0.4 is 5.32 Å². The molecule has 1 aliphatic heterocycles. The fourth-order valence-corrected chi connectivity index (χ4v) is 2.78. The Balaban J connectivity index is 2.38. The third-order valence-electron chi connectivity index (χ3n) is 4.37. The molecule has 0 spiro atoms. The molecule has 3 nitrogen and oxygen atoms in total. The van der Waals surface area contributed by atoms with Gasteiger partial charge in [-0.05, 0) is 36.5 Å². The predicted molar refractivity (Wildman–Crippen MR) is 82.0 cm³/mol. The number of amides is 1. The predicted octanol–water partition coefficient (Wildman–Crippen LogP) is 3.33. The van der Waals surface area contributed by atoms with Gasteiger partial charge in [0, 0.05) is 6.04 Å². The molecule has 0 aromatic heterocycles. The van der Waals surface area contributed by atoms with Gasteiger partial charge in [0.2, 0.25) is 5.91 Å². The highest BCUT2D eigenvalue weighted by Gasteiger charge is 2.43. The molecule has 3 unspecified atom stereocenters. The molecule has 0 radical (unpaired) electrons. The van der Waals surface area contributed by atoms with E-state index in [1.165, 1.54) is 12.1 Å². The second-order valence-electron chi connectivity index (χ2n) is 6.58. The number of hydrogen-bond donors (Lipinski definition) is 1. The standard InChI is InChI=1S/C17H25FN2O/c1-10(2)12(5)20-16(13-7-6-8-14(18)9-13)19-15(11(3)4)17(20)21/h6-12,15-16,19H,1-5H3. The van der Waals surface area contributed by atoms with Crippen LogP contribution in [0.25, 0.3) is 0 Å². The first-order valence-electron chi connectivity index (χ1n) is 7.66. The maximum absolute atomic E-state index is 13.5. The first kappa shape index (κ1) is 16.0. The summed E-state index contributed by atoms with van der Waals surface area (Å²) in [6.07, 6.45) is -0.252. The van der Waals surface area contributed by atoms with Crippen molar-refractivity contribution < 1.29 is 9.18 Å². The van der Waals surface area contributed by atoms with Crippen LogP contribution in [0.5, 0.6) is 0 Å². The quantitative estimate of drug-likeness (QED) is 0.923. The van der Waals surface area contributed by atoms with Crippen molar-refractivity contribution in [3.63, 3.8) is 0 Å². The summed E-state index contributed by atoms with van der Waals surface area (Å²) < 4.78 is 13.5. The molecule has 1 saturated heterocycles. The second kappa shape index (κ2) is 6.14. The highest BCUT2D eigenvalue weighted by atomic mass is 19.1. The number of benzene rings is 1. The molecule has 1 aromatic rings. The van der Waals surface area contributed by atoms with Crippen LogP contribution in [0.4, 0.5) is 4.39 Å². The minimum Gasteiger partial charge on any atom is -0.319 e. The number of nitrogens with zero attached hydrogens (tertiary/aromatic N) is 1. The van der Waals surface area contributed by atoms with E-state index in [0.29, 0.717) is 5.92 Å². The first-order valence-corrected chi connectivity index (χ1v) is 7.66. The zero-order valence-electron chi connectivity index (χ0n) is 13.4. The van der Waals surface area contributed by atoms with Crippen molar-refractivity contribution in [1.29, 1.82) is 0 Å². The number of hydrogen-bond acceptors (Lipinski definition) is 2. The number of nitrogens with one attached hydrogen (secondary N) is 1. The summed E-state index contributed by atoms with van der Waals surface area (Å²) in [5.74, 6) is 0.392. The molecule has 1 fully saturated rings. The Morgan fingerprint density at radius 1 is 1.19 bits per heavy atom. The van der Waals surface area contributed by atoms with Crippen molar-refractivity contribution in [2.24, 2.45) is 11.8 Å².